The zero-order chi connectivity index (χ0) is 55.4. The van der Waals surface area contributed by atoms with Gasteiger partial charge in [0, 0.05) is 65.9 Å². The maximum atomic E-state index is 12.8. The molecule has 0 unspecified atom stereocenters. The average Bonchev–Trinajstić information content (AvgIpc) is 3.41. The molecule has 2 N–H and O–H groups in total. The van der Waals surface area contributed by atoms with Crippen LogP contribution in [0.1, 0.15) is 185 Å². The second-order valence-corrected chi connectivity index (χ2v) is 22.8. The number of aliphatic imine (C=N–C) groups is 2. The number of benzene rings is 7. The van der Waals surface area contributed by atoms with Crippen LogP contribution in [-0.2, 0) is 36.5 Å². The molecule has 0 aliphatic heterocycles. The average molecular weight is 1050 g/mol. The molecule has 0 fully saturated rings. The molecule has 0 spiro atoms. The summed E-state index contributed by atoms with van der Waals surface area (Å²) in [5.74, 6) is 3.59. The van der Waals surface area contributed by atoms with Crippen LogP contribution < -0.4 is 18.9 Å². The monoisotopic (exact) mass is 1050 g/mol. The standard InChI is InChI=1S/C70H82N2O6/c1-11-34-75-65-49-28-21-29-50(65)39-52-31-23-33-54(67(52)77-36-13-3)42-58-59(61(73)43-55(68(58)78-37-14-4)40-53-32-22-30-51(38-49)66(53)76-35-12-2)46-72-63(48-26-19-16-20-27-48)62(47-24-17-15-18-25-47)71-45-56-41-57(69(5,6)7)44-60(64(56)74)70(8,9)10/h15-33,41,43-46,62-63,73-74H,11-14,34-40,42H2,1-10H3/t62-,63-/m1/s1. The summed E-state index contributed by atoms with van der Waals surface area (Å²) >= 11 is 0. The van der Waals surface area contributed by atoms with Crippen LogP contribution in [0.4, 0.5) is 0 Å². The van der Waals surface area contributed by atoms with E-state index in [0.29, 0.717) is 69.0 Å². The number of rotatable bonds is 19. The summed E-state index contributed by atoms with van der Waals surface area (Å²) in [5, 5.41) is 24.7. The Bertz CT molecular complexity index is 3180. The van der Waals surface area contributed by atoms with Crippen molar-refractivity contribution in [3.05, 3.63) is 211 Å². The van der Waals surface area contributed by atoms with Gasteiger partial charge in [0.15, 0.2) is 0 Å². The number of nitrogens with zero attached hydrogens (tertiary/aromatic N) is 2. The highest BCUT2D eigenvalue weighted by atomic mass is 16.5. The van der Waals surface area contributed by atoms with Crippen LogP contribution in [0.25, 0.3) is 0 Å². The Morgan fingerprint density at radius 3 is 1.26 bits per heavy atom. The first-order valence-electron chi connectivity index (χ1n) is 28.4. The topological polar surface area (TPSA) is 102 Å². The first-order valence-corrected chi connectivity index (χ1v) is 28.4. The van der Waals surface area contributed by atoms with Crippen molar-refractivity contribution in [1.82, 2.24) is 0 Å². The van der Waals surface area contributed by atoms with Crippen molar-refractivity contribution in [2.45, 2.75) is 144 Å². The molecule has 0 saturated heterocycles. The van der Waals surface area contributed by atoms with Gasteiger partial charge >= 0.3 is 0 Å². The molecule has 1 aliphatic carbocycles. The quantitative estimate of drug-likeness (QED) is 0.0782. The molecule has 0 heterocycles. The van der Waals surface area contributed by atoms with E-state index in [0.717, 1.165) is 110 Å². The fourth-order valence-corrected chi connectivity index (χ4v) is 10.4. The van der Waals surface area contributed by atoms with Crippen molar-refractivity contribution in [1.29, 1.82) is 0 Å². The smallest absolute Gasteiger partial charge is 0.128 e. The van der Waals surface area contributed by atoms with Crippen LogP contribution in [-0.4, -0.2) is 49.1 Å². The van der Waals surface area contributed by atoms with Crippen LogP contribution in [0.15, 0.2) is 143 Å². The lowest BCUT2D eigenvalue weighted by molar-refractivity contribution is 0.304. The van der Waals surface area contributed by atoms with E-state index in [4.69, 9.17) is 28.9 Å². The molecule has 8 nitrogen and oxygen atoms in total. The summed E-state index contributed by atoms with van der Waals surface area (Å²) in [6, 6.07) is 44.7. The van der Waals surface area contributed by atoms with Gasteiger partial charge in [0.1, 0.15) is 46.6 Å². The summed E-state index contributed by atoms with van der Waals surface area (Å²) in [7, 11) is 0. The third kappa shape index (κ3) is 13.5. The van der Waals surface area contributed by atoms with Gasteiger partial charge in [-0.2, -0.15) is 0 Å². The van der Waals surface area contributed by atoms with Crippen LogP contribution in [0.5, 0.6) is 34.5 Å². The zero-order valence-electron chi connectivity index (χ0n) is 47.9. The molecule has 7 aromatic carbocycles. The minimum absolute atomic E-state index is 0.0889. The van der Waals surface area contributed by atoms with Crippen molar-refractivity contribution >= 4 is 12.4 Å². The van der Waals surface area contributed by atoms with Crippen molar-refractivity contribution < 1.29 is 29.2 Å². The Kier molecular flexibility index (Phi) is 18.9. The molecule has 8 heteroatoms. The first kappa shape index (κ1) is 56.9. The fourth-order valence-electron chi connectivity index (χ4n) is 10.4. The molecular weight excluding hydrogens is 965 g/mol. The summed E-state index contributed by atoms with van der Waals surface area (Å²) in [6.07, 6.45) is 9.03. The minimum atomic E-state index is -0.565. The third-order valence-electron chi connectivity index (χ3n) is 14.5. The maximum Gasteiger partial charge on any atom is 0.128 e. The molecule has 1 aliphatic rings. The van der Waals surface area contributed by atoms with E-state index >= 15 is 0 Å². The lowest BCUT2D eigenvalue weighted by Gasteiger charge is -2.27. The van der Waals surface area contributed by atoms with Crippen LogP contribution >= 0.6 is 0 Å². The van der Waals surface area contributed by atoms with Crippen molar-refractivity contribution in [3.8, 4) is 34.5 Å². The van der Waals surface area contributed by atoms with E-state index in [2.05, 4.69) is 160 Å². The zero-order valence-corrected chi connectivity index (χ0v) is 47.9. The predicted molar refractivity (Wildman–Crippen MR) is 321 cm³/mol. The summed E-state index contributed by atoms with van der Waals surface area (Å²) < 4.78 is 27.3. The third-order valence-corrected chi connectivity index (χ3v) is 14.5. The van der Waals surface area contributed by atoms with Crippen LogP contribution in [0, 0.1) is 0 Å². The van der Waals surface area contributed by atoms with E-state index in [1.165, 1.54) is 0 Å². The van der Waals surface area contributed by atoms with Crippen molar-refractivity contribution in [3.63, 3.8) is 0 Å². The van der Waals surface area contributed by atoms with Gasteiger partial charge in [-0.05, 0) is 98.7 Å². The summed E-state index contributed by atoms with van der Waals surface area (Å²) in [5.41, 5.74) is 12.5. The SMILES string of the molecule is CCCOc1c2cccc1Cc1cccc(c1OCCC)Cc1c(C=N[C@H](c3ccccc3)[C@H](N=Cc3cc(C(C)(C)C)cc(C(C)(C)C)c3O)c3ccccc3)c(O)cc(c1OCCC)Cc1cccc(c1OCCC)C2. The molecule has 78 heavy (non-hydrogen) atoms. The number of ether oxygens (including phenoxy) is 4. The van der Waals surface area contributed by atoms with Gasteiger partial charge in [0.2, 0.25) is 0 Å². The molecule has 8 bridgehead atoms. The first-order chi connectivity index (χ1) is 37.6. The highest BCUT2D eigenvalue weighted by molar-refractivity contribution is 5.88. The van der Waals surface area contributed by atoms with Gasteiger partial charge in [-0.1, -0.05) is 191 Å². The van der Waals surface area contributed by atoms with Gasteiger partial charge in [-0.3, -0.25) is 9.98 Å². The molecule has 7 aromatic rings. The molecule has 8 rings (SSSR count). The number of aromatic hydroxyl groups is 2. The van der Waals surface area contributed by atoms with Crippen molar-refractivity contribution in [2.75, 3.05) is 26.4 Å². The largest absolute Gasteiger partial charge is 0.507 e. The molecule has 0 aromatic heterocycles. The lowest BCUT2D eigenvalue weighted by Crippen LogP contribution is -2.17. The Balaban J connectivity index is 1.37. The van der Waals surface area contributed by atoms with Gasteiger partial charge in [-0.15, -0.1) is 0 Å². The summed E-state index contributed by atoms with van der Waals surface area (Å²) in [6.45, 7) is 23.6. The van der Waals surface area contributed by atoms with E-state index < -0.39 is 12.1 Å². The fraction of sp³-hybridized carbons (Fsp3) is 0.371. The normalized spacial score (nSPS) is 13.6. The van der Waals surface area contributed by atoms with Crippen LogP contribution in [0.2, 0.25) is 0 Å². The highest BCUT2D eigenvalue weighted by Gasteiger charge is 2.29. The Morgan fingerprint density at radius 1 is 0.449 bits per heavy atom. The molecule has 2 atom stereocenters. The van der Waals surface area contributed by atoms with E-state index in [1.54, 1.807) is 0 Å². The number of phenolic OH excluding ortho intramolecular Hbond substituents is 2. The number of hydrogen-bond acceptors (Lipinski definition) is 8. The number of fused-ring (bicyclic) bond motifs is 8. The molecule has 408 valence electrons. The Hall–Kier alpha value is -7.32. The van der Waals surface area contributed by atoms with Gasteiger partial charge in [0.05, 0.1) is 26.4 Å². The maximum absolute atomic E-state index is 12.8. The second kappa shape index (κ2) is 25.9. The Labute approximate surface area is 465 Å². The van der Waals surface area contributed by atoms with Gasteiger partial charge < -0.3 is 29.2 Å². The molecule has 0 radical (unpaired) electrons. The Morgan fingerprint density at radius 2 is 0.846 bits per heavy atom. The van der Waals surface area contributed by atoms with Gasteiger partial charge in [0.25, 0.3) is 0 Å². The molecular formula is C70H82N2O6. The summed E-state index contributed by atoms with van der Waals surface area (Å²) in [4.78, 5) is 11.0. The van der Waals surface area contributed by atoms with Gasteiger partial charge in [-0.25, -0.2) is 0 Å². The number of para-hydroxylation sites is 3. The minimum Gasteiger partial charge on any atom is -0.507 e. The van der Waals surface area contributed by atoms with E-state index in [-0.39, 0.29) is 22.3 Å². The van der Waals surface area contributed by atoms with E-state index in [1.807, 2.05) is 54.9 Å². The lowest BCUT2D eigenvalue weighted by atomic mass is 9.79. The second-order valence-electron chi connectivity index (χ2n) is 22.8. The number of hydrogen-bond donors (Lipinski definition) is 2. The van der Waals surface area contributed by atoms with E-state index in [9.17, 15) is 10.2 Å². The number of phenols is 2. The molecule has 0 amide bonds. The highest BCUT2D eigenvalue weighted by Crippen LogP contribution is 2.44. The predicted octanol–water partition coefficient (Wildman–Crippen LogP) is 16.5. The van der Waals surface area contributed by atoms with Crippen LogP contribution in [0.3, 0.4) is 0 Å². The molecule has 0 saturated carbocycles. The van der Waals surface area contributed by atoms with Crippen molar-refractivity contribution in [2.24, 2.45) is 9.98 Å².